The summed E-state index contributed by atoms with van der Waals surface area (Å²) in [6, 6.07) is 0. The molecule has 0 spiro atoms. The van der Waals surface area contributed by atoms with Gasteiger partial charge in [0.1, 0.15) is 17.0 Å². The number of anilines is 1. The van der Waals surface area contributed by atoms with Gasteiger partial charge in [0.15, 0.2) is 5.82 Å². The summed E-state index contributed by atoms with van der Waals surface area (Å²) in [4.78, 5) is 19.1. The van der Waals surface area contributed by atoms with Gasteiger partial charge in [-0.25, -0.2) is 14.8 Å². The quantitative estimate of drug-likeness (QED) is 0.822. The summed E-state index contributed by atoms with van der Waals surface area (Å²) >= 11 is 0. The smallest absolute Gasteiger partial charge is 0.341 e. The molecular weight excluding hydrogens is 222 g/mol. The van der Waals surface area contributed by atoms with Crippen LogP contribution in [0.1, 0.15) is 42.6 Å². The van der Waals surface area contributed by atoms with E-state index in [1.807, 2.05) is 20.8 Å². The molecule has 3 N–H and O–H groups in total. The number of aryl methyl sites for hydroxylation is 1. The van der Waals surface area contributed by atoms with Crippen molar-refractivity contribution in [3.8, 4) is 0 Å². The second kappa shape index (κ2) is 4.67. The van der Waals surface area contributed by atoms with Gasteiger partial charge in [-0.2, -0.15) is 0 Å². The fraction of sp³-hybridized carbons (Fsp3) is 0.545. The summed E-state index contributed by atoms with van der Waals surface area (Å²) < 4.78 is 5.50. The van der Waals surface area contributed by atoms with E-state index >= 15 is 0 Å². The van der Waals surface area contributed by atoms with Crippen LogP contribution in [0, 0.1) is 6.92 Å². The first-order valence-electron chi connectivity index (χ1n) is 5.31. The SMILES string of the molecule is CCOC(C)(C)c1nc(C)c(C(=O)O)c(N)n1. The lowest BCUT2D eigenvalue weighted by Gasteiger charge is -2.23. The molecule has 17 heavy (non-hydrogen) atoms. The van der Waals surface area contributed by atoms with E-state index in [2.05, 4.69) is 9.97 Å². The maximum Gasteiger partial charge on any atom is 0.341 e. The third-order valence-corrected chi connectivity index (χ3v) is 2.38. The molecule has 0 aliphatic rings. The summed E-state index contributed by atoms with van der Waals surface area (Å²) in [5.74, 6) is -0.770. The van der Waals surface area contributed by atoms with Crippen molar-refractivity contribution in [3.05, 3.63) is 17.1 Å². The minimum absolute atomic E-state index is 0.0345. The molecule has 0 saturated heterocycles. The molecule has 0 amide bonds. The molecule has 1 aromatic rings. The number of hydrogen-bond donors (Lipinski definition) is 2. The van der Waals surface area contributed by atoms with E-state index in [9.17, 15) is 4.79 Å². The van der Waals surface area contributed by atoms with E-state index in [1.54, 1.807) is 6.92 Å². The van der Waals surface area contributed by atoms with E-state index in [0.717, 1.165) is 0 Å². The van der Waals surface area contributed by atoms with Crippen molar-refractivity contribution in [1.29, 1.82) is 0 Å². The largest absolute Gasteiger partial charge is 0.477 e. The zero-order valence-electron chi connectivity index (χ0n) is 10.4. The Balaban J connectivity index is 3.28. The summed E-state index contributed by atoms with van der Waals surface area (Å²) in [7, 11) is 0. The van der Waals surface area contributed by atoms with Crippen LogP contribution in [0.15, 0.2) is 0 Å². The van der Waals surface area contributed by atoms with Gasteiger partial charge in [0.05, 0.1) is 5.69 Å². The summed E-state index contributed by atoms with van der Waals surface area (Å²) in [5, 5.41) is 8.95. The van der Waals surface area contributed by atoms with E-state index < -0.39 is 11.6 Å². The highest BCUT2D eigenvalue weighted by Gasteiger charge is 2.27. The van der Waals surface area contributed by atoms with Crippen molar-refractivity contribution in [3.63, 3.8) is 0 Å². The molecule has 6 nitrogen and oxygen atoms in total. The zero-order chi connectivity index (χ0) is 13.2. The van der Waals surface area contributed by atoms with Crippen LogP contribution in [-0.2, 0) is 10.3 Å². The Morgan fingerprint density at radius 1 is 1.47 bits per heavy atom. The number of aromatic nitrogens is 2. The van der Waals surface area contributed by atoms with E-state index in [1.165, 1.54) is 0 Å². The van der Waals surface area contributed by atoms with E-state index in [-0.39, 0.29) is 11.4 Å². The van der Waals surface area contributed by atoms with Gasteiger partial charge in [0.2, 0.25) is 0 Å². The van der Waals surface area contributed by atoms with Crippen LogP contribution in [0.25, 0.3) is 0 Å². The second-order valence-electron chi connectivity index (χ2n) is 4.14. The maximum absolute atomic E-state index is 10.9. The number of rotatable bonds is 4. The lowest BCUT2D eigenvalue weighted by Crippen LogP contribution is -2.26. The maximum atomic E-state index is 10.9. The average Bonchev–Trinajstić information content (AvgIpc) is 2.15. The minimum atomic E-state index is -1.12. The molecule has 0 aromatic carbocycles. The third-order valence-electron chi connectivity index (χ3n) is 2.38. The highest BCUT2D eigenvalue weighted by molar-refractivity contribution is 5.93. The van der Waals surface area contributed by atoms with Crippen LogP contribution < -0.4 is 5.73 Å². The monoisotopic (exact) mass is 239 g/mol. The first-order valence-corrected chi connectivity index (χ1v) is 5.31. The Kier molecular flexibility index (Phi) is 3.67. The molecule has 0 unspecified atom stereocenters. The van der Waals surface area contributed by atoms with Crippen LogP contribution in [0.3, 0.4) is 0 Å². The Hall–Kier alpha value is -1.69. The topological polar surface area (TPSA) is 98.3 Å². The fourth-order valence-corrected chi connectivity index (χ4v) is 1.55. The first kappa shape index (κ1) is 13.4. The van der Waals surface area contributed by atoms with Crippen molar-refractivity contribution in [2.24, 2.45) is 0 Å². The predicted molar refractivity (Wildman–Crippen MR) is 62.8 cm³/mol. The van der Waals surface area contributed by atoms with Crippen molar-refractivity contribution < 1.29 is 14.6 Å². The van der Waals surface area contributed by atoms with Gasteiger partial charge >= 0.3 is 5.97 Å². The normalized spacial score (nSPS) is 11.5. The molecule has 0 fully saturated rings. The van der Waals surface area contributed by atoms with Crippen molar-refractivity contribution in [1.82, 2.24) is 9.97 Å². The number of nitrogens with zero attached hydrogens (tertiary/aromatic N) is 2. The average molecular weight is 239 g/mol. The molecule has 0 aliphatic heterocycles. The molecule has 0 bridgehead atoms. The minimum Gasteiger partial charge on any atom is -0.477 e. The highest BCUT2D eigenvalue weighted by Crippen LogP contribution is 2.24. The number of nitrogens with two attached hydrogens (primary N) is 1. The number of aromatic carboxylic acids is 1. The summed E-state index contributed by atoms with van der Waals surface area (Å²) in [6.45, 7) is 7.59. The lowest BCUT2D eigenvalue weighted by molar-refractivity contribution is -0.0208. The molecule has 1 heterocycles. The highest BCUT2D eigenvalue weighted by atomic mass is 16.5. The second-order valence-corrected chi connectivity index (χ2v) is 4.14. The number of ether oxygens (including phenoxy) is 1. The molecule has 1 rings (SSSR count). The predicted octanol–water partition coefficient (Wildman–Crippen LogP) is 1.34. The first-order chi connectivity index (χ1) is 7.79. The molecule has 0 aliphatic carbocycles. The Bertz CT molecular complexity index is 421. The van der Waals surface area contributed by atoms with Gasteiger partial charge in [0, 0.05) is 6.61 Å². The van der Waals surface area contributed by atoms with Gasteiger partial charge < -0.3 is 15.6 Å². The van der Waals surface area contributed by atoms with Crippen molar-refractivity contribution >= 4 is 11.8 Å². The van der Waals surface area contributed by atoms with Crippen LogP contribution in [0.4, 0.5) is 5.82 Å². The van der Waals surface area contributed by atoms with Gasteiger partial charge in [-0.1, -0.05) is 0 Å². The van der Waals surface area contributed by atoms with E-state index in [0.29, 0.717) is 18.1 Å². The Labute approximate surface area is 99.8 Å². The van der Waals surface area contributed by atoms with Crippen LogP contribution in [0.2, 0.25) is 0 Å². The van der Waals surface area contributed by atoms with Crippen molar-refractivity contribution in [2.45, 2.75) is 33.3 Å². The van der Waals surface area contributed by atoms with Gasteiger partial charge in [-0.3, -0.25) is 0 Å². The molecule has 1 aromatic heterocycles. The molecule has 0 saturated carbocycles. The molecule has 0 radical (unpaired) electrons. The standard InChI is InChI=1S/C11H17N3O3/c1-5-17-11(3,4)10-13-6(2)7(9(15)16)8(12)14-10/h5H2,1-4H3,(H,15,16)(H2,12,13,14). The summed E-state index contributed by atoms with van der Waals surface area (Å²) in [5.41, 5.74) is 5.22. The lowest BCUT2D eigenvalue weighted by atomic mass is 10.1. The van der Waals surface area contributed by atoms with E-state index in [4.69, 9.17) is 15.6 Å². The fourth-order valence-electron chi connectivity index (χ4n) is 1.55. The van der Waals surface area contributed by atoms with Crippen LogP contribution in [-0.4, -0.2) is 27.7 Å². The van der Waals surface area contributed by atoms with Gasteiger partial charge in [-0.05, 0) is 27.7 Å². The number of nitrogen functional groups attached to an aromatic ring is 1. The number of carbonyl (C=O) groups is 1. The van der Waals surface area contributed by atoms with Gasteiger partial charge in [-0.15, -0.1) is 0 Å². The molecular formula is C11H17N3O3. The Morgan fingerprint density at radius 3 is 2.47 bits per heavy atom. The van der Waals surface area contributed by atoms with Crippen LogP contribution >= 0.6 is 0 Å². The van der Waals surface area contributed by atoms with Gasteiger partial charge in [0.25, 0.3) is 0 Å². The third kappa shape index (κ3) is 2.71. The summed E-state index contributed by atoms with van der Waals surface area (Å²) in [6.07, 6.45) is 0. The molecule has 0 atom stereocenters. The zero-order valence-corrected chi connectivity index (χ0v) is 10.4. The molecule has 94 valence electrons. The Morgan fingerprint density at radius 2 is 2.06 bits per heavy atom. The number of hydrogen-bond acceptors (Lipinski definition) is 5. The molecule has 6 heteroatoms. The van der Waals surface area contributed by atoms with Crippen LogP contribution in [0.5, 0.6) is 0 Å². The number of carboxylic acids is 1. The number of carboxylic acid groups (broad SMARTS) is 1. The van der Waals surface area contributed by atoms with Crippen molar-refractivity contribution in [2.75, 3.05) is 12.3 Å².